The number of halogens is 3. The first-order valence-electron chi connectivity index (χ1n) is 14.9. The Morgan fingerprint density at radius 3 is 2.27 bits per heavy atom. The Morgan fingerprint density at radius 2 is 1.60 bits per heavy atom. The highest BCUT2D eigenvalue weighted by atomic mass is 19.4. The van der Waals surface area contributed by atoms with Gasteiger partial charge in [-0.25, -0.2) is 4.79 Å². The standard InChI is InChI=1S/C36H36F3NO5/c1-35(2,3)45-34(42)40-20-28(21-40)27(23-43-22-24-8-5-4-6-9-24)19-32(41)26-12-17-31-25(18-26)10-7-11-33(31)44-30-15-13-29(14-16-30)36(37,38)39/h4-18,27-28H,19-23H2,1-3H3/t27-/m1/s1. The van der Waals surface area contributed by atoms with Crippen molar-refractivity contribution in [3.63, 3.8) is 0 Å². The Balaban J connectivity index is 1.27. The van der Waals surface area contributed by atoms with Crippen LogP contribution in [0.3, 0.4) is 0 Å². The summed E-state index contributed by atoms with van der Waals surface area (Å²) >= 11 is 0. The molecular formula is C36H36F3NO5. The molecule has 0 aliphatic carbocycles. The van der Waals surface area contributed by atoms with Crippen LogP contribution >= 0.6 is 0 Å². The van der Waals surface area contributed by atoms with Gasteiger partial charge in [0.1, 0.15) is 17.1 Å². The Morgan fingerprint density at radius 1 is 0.889 bits per heavy atom. The van der Waals surface area contributed by atoms with Crippen LogP contribution in [0.4, 0.5) is 18.0 Å². The molecule has 0 aromatic heterocycles. The van der Waals surface area contributed by atoms with Crippen LogP contribution in [0.2, 0.25) is 0 Å². The number of rotatable bonds is 10. The number of ether oxygens (including phenoxy) is 3. The van der Waals surface area contributed by atoms with E-state index < -0.39 is 17.3 Å². The zero-order chi connectivity index (χ0) is 32.2. The van der Waals surface area contributed by atoms with E-state index in [0.717, 1.165) is 28.5 Å². The minimum Gasteiger partial charge on any atom is -0.457 e. The number of likely N-dealkylation sites (tertiary alicyclic amines) is 1. The Labute approximate surface area is 260 Å². The molecule has 0 N–H and O–H groups in total. The molecule has 236 valence electrons. The van der Waals surface area contributed by atoms with Gasteiger partial charge in [0, 0.05) is 30.5 Å². The summed E-state index contributed by atoms with van der Waals surface area (Å²) in [7, 11) is 0. The fourth-order valence-corrected chi connectivity index (χ4v) is 5.26. The lowest BCUT2D eigenvalue weighted by Gasteiger charge is -2.43. The fraction of sp³-hybridized carbons (Fsp3) is 0.333. The summed E-state index contributed by atoms with van der Waals surface area (Å²) in [5.41, 5.74) is 0.231. The van der Waals surface area contributed by atoms with Crippen molar-refractivity contribution in [1.29, 1.82) is 0 Å². The molecule has 1 aliphatic heterocycles. The molecule has 1 amide bonds. The number of ketones is 1. The first kappa shape index (κ1) is 32.0. The lowest BCUT2D eigenvalue weighted by Crippen LogP contribution is -2.54. The molecule has 1 fully saturated rings. The number of amides is 1. The van der Waals surface area contributed by atoms with E-state index in [1.54, 1.807) is 35.2 Å². The second kappa shape index (κ2) is 13.3. The van der Waals surface area contributed by atoms with Crippen molar-refractivity contribution in [1.82, 2.24) is 4.90 Å². The van der Waals surface area contributed by atoms with Crippen LogP contribution in [-0.2, 0) is 22.3 Å². The zero-order valence-electron chi connectivity index (χ0n) is 25.5. The number of benzene rings is 4. The zero-order valence-corrected chi connectivity index (χ0v) is 25.5. The van der Waals surface area contributed by atoms with E-state index in [0.29, 0.717) is 37.6 Å². The highest BCUT2D eigenvalue weighted by Crippen LogP contribution is 2.35. The van der Waals surface area contributed by atoms with E-state index in [4.69, 9.17) is 14.2 Å². The summed E-state index contributed by atoms with van der Waals surface area (Å²) in [6, 6.07) is 25.0. The molecule has 0 saturated carbocycles. The lowest BCUT2D eigenvalue weighted by atomic mass is 9.82. The molecule has 5 rings (SSSR count). The monoisotopic (exact) mass is 619 g/mol. The maximum Gasteiger partial charge on any atom is 0.416 e. The summed E-state index contributed by atoms with van der Waals surface area (Å²) in [6.45, 7) is 7.25. The quantitative estimate of drug-likeness (QED) is 0.166. The number of hydrogen-bond donors (Lipinski definition) is 0. The highest BCUT2D eigenvalue weighted by molar-refractivity contribution is 6.01. The normalized spacial score (nSPS) is 14.6. The van der Waals surface area contributed by atoms with Crippen LogP contribution in [0.5, 0.6) is 11.5 Å². The van der Waals surface area contributed by atoms with Gasteiger partial charge < -0.3 is 19.1 Å². The lowest BCUT2D eigenvalue weighted by molar-refractivity contribution is -0.137. The van der Waals surface area contributed by atoms with Gasteiger partial charge in [0.25, 0.3) is 0 Å². The maximum absolute atomic E-state index is 13.6. The molecule has 0 radical (unpaired) electrons. The summed E-state index contributed by atoms with van der Waals surface area (Å²) in [5, 5.41) is 1.49. The van der Waals surface area contributed by atoms with Gasteiger partial charge >= 0.3 is 12.3 Å². The predicted octanol–water partition coefficient (Wildman–Crippen LogP) is 8.92. The number of Topliss-reactive ketones (excluding diaryl/α,β-unsaturated/α-hetero) is 1. The summed E-state index contributed by atoms with van der Waals surface area (Å²) < 4.78 is 56.3. The topological polar surface area (TPSA) is 65.1 Å². The molecule has 9 heteroatoms. The SMILES string of the molecule is CC(C)(C)OC(=O)N1CC([C@@H](COCc2ccccc2)CC(=O)c2ccc3c(Oc4ccc(C(F)(F)F)cc4)cccc3c2)C1. The number of carbonyl (C=O) groups excluding carboxylic acids is 2. The Kier molecular flexibility index (Phi) is 9.48. The van der Waals surface area contributed by atoms with E-state index in [2.05, 4.69) is 0 Å². The van der Waals surface area contributed by atoms with Crippen LogP contribution in [-0.4, -0.2) is 42.1 Å². The van der Waals surface area contributed by atoms with Gasteiger partial charge in [-0.2, -0.15) is 13.2 Å². The van der Waals surface area contributed by atoms with Gasteiger partial charge in [0.15, 0.2) is 5.78 Å². The molecule has 1 heterocycles. The molecule has 1 atom stereocenters. The number of alkyl halides is 3. The van der Waals surface area contributed by atoms with E-state index in [9.17, 15) is 22.8 Å². The molecular weight excluding hydrogens is 583 g/mol. The highest BCUT2D eigenvalue weighted by Gasteiger charge is 2.39. The molecule has 4 aromatic carbocycles. The van der Waals surface area contributed by atoms with Crippen molar-refractivity contribution in [2.75, 3.05) is 19.7 Å². The van der Waals surface area contributed by atoms with E-state index in [1.807, 2.05) is 57.2 Å². The number of carbonyl (C=O) groups is 2. The molecule has 4 aromatic rings. The molecule has 0 unspecified atom stereocenters. The number of hydrogen-bond acceptors (Lipinski definition) is 5. The average Bonchev–Trinajstić information content (AvgIpc) is 2.95. The van der Waals surface area contributed by atoms with Gasteiger partial charge in [-0.15, -0.1) is 0 Å². The van der Waals surface area contributed by atoms with Gasteiger partial charge in [-0.05, 0) is 86.0 Å². The van der Waals surface area contributed by atoms with Gasteiger partial charge in [-0.1, -0.05) is 48.5 Å². The third-order valence-corrected chi connectivity index (χ3v) is 7.69. The predicted molar refractivity (Wildman–Crippen MR) is 165 cm³/mol. The first-order chi connectivity index (χ1) is 21.4. The van der Waals surface area contributed by atoms with E-state index >= 15 is 0 Å². The molecule has 1 aliphatic rings. The minimum absolute atomic E-state index is 0.0463. The van der Waals surface area contributed by atoms with Crippen LogP contribution in [0.15, 0.2) is 91.0 Å². The number of fused-ring (bicyclic) bond motifs is 1. The van der Waals surface area contributed by atoms with Crippen LogP contribution in [0.1, 0.15) is 48.7 Å². The van der Waals surface area contributed by atoms with Crippen molar-refractivity contribution >= 4 is 22.6 Å². The smallest absolute Gasteiger partial charge is 0.416 e. The summed E-state index contributed by atoms with van der Waals surface area (Å²) in [4.78, 5) is 27.8. The summed E-state index contributed by atoms with van der Waals surface area (Å²) in [5.74, 6) is 0.673. The summed E-state index contributed by atoms with van der Waals surface area (Å²) in [6.07, 6.45) is -4.54. The second-order valence-electron chi connectivity index (χ2n) is 12.3. The average molecular weight is 620 g/mol. The van der Waals surface area contributed by atoms with E-state index in [1.165, 1.54) is 12.1 Å². The van der Waals surface area contributed by atoms with Crippen LogP contribution in [0, 0.1) is 11.8 Å². The molecule has 0 bridgehead atoms. The van der Waals surface area contributed by atoms with Gasteiger partial charge in [0.05, 0.1) is 18.8 Å². The number of nitrogens with zero attached hydrogens (tertiary/aromatic N) is 1. The molecule has 6 nitrogen and oxygen atoms in total. The third kappa shape index (κ3) is 8.42. The van der Waals surface area contributed by atoms with Crippen molar-refractivity contribution in [3.8, 4) is 11.5 Å². The van der Waals surface area contributed by atoms with Crippen molar-refractivity contribution in [2.45, 2.75) is 45.6 Å². The van der Waals surface area contributed by atoms with Crippen LogP contribution < -0.4 is 4.74 Å². The third-order valence-electron chi connectivity index (χ3n) is 7.69. The Bertz CT molecular complexity index is 1630. The molecule has 1 saturated heterocycles. The molecule has 0 spiro atoms. The van der Waals surface area contributed by atoms with E-state index in [-0.39, 0.29) is 35.9 Å². The van der Waals surface area contributed by atoms with Crippen molar-refractivity contribution in [2.24, 2.45) is 11.8 Å². The minimum atomic E-state index is -4.43. The van der Waals surface area contributed by atoms with Gasteiger partial charge in [-0.3, -0.25) is 4.79 Å². The largest absolute Gasteiger partial charge is 0.457 e. The van der Waals surface area contributed by atoms with Crippen molar-refractivity contribution < 1.29 is 37.0 Å². The Hall–Kier alpha value is -4.37. The van der Waals surface area contributed by atoms with Crippen LogP contribution in [0.25, 0.3) is 10.8 Å². The van der Waals surface area contributed by atoms with Gasteiger partial charge in [0.2, 0.25) is 0 Å². The second-order valence-corrected chi connectivity index (χ2v) is 12.3. The fourth-order valence-electron chi connectivity index (χ4n) is 5.26. The van der Waals surface area contributed by atoms with Crippen molar-refractivity contribution in [3.05, 3.63) is 108 Å². The molecule has 45 heavy (non-hydrogen) atoms. The maximum atomic E-state index is 13.6. The first-order valence-corrected chi connectivity index (χ1v) is 14.9.